The highest BCUT2D eigenvalue weighted by Crippen LogP contribution is 2.39. The Bertz CT molecular complexity index is 744. The van der Waals surface area contributed by atoms with Crippen molar-refractivity contribution in [1.29, 1.82) is 0 Å². The van der Waals surface area contributed by atoms with Gasteiger partial charge in [-0.25, -0.2) is 13.1 Å². The number of anilines is 1. The number of nitrogens with zero attached hydrogens (tertiary/aromatic N) is 2. The summed E-state index contributed by atoms with van der Waals surface area (Å²) in [6.45, 7) is 1.54. The van der Waals surface area contributed by atoms with E-state index in [-0.39, 0.29) is 10.6 Å². The number of allylic oxidation sites excluding steroid dienone is 2. The molecule has 1 saturated heterocycles. The van der Waals surface area contributed by atoms with Gasteiger partial charge in [-0.2, -0.15) is 0 Å². The van der Waals surface area contributed by atoms with Gasteiger partial charge in [-0.1, -0.05) is 12.2 Å². The maximum atomic E-state index is 11.9. The van der Waals surface area contributed by atoms with Gasteiger partial charge < -0.3 is 4.90 Å². The van der Waals surface area contributed by atoms with Gasteiger partial charge in [0.25, 0.3) is 5.69 Å². The van der Waals surface area contributed by atoms with Crippen molar-refractivity contribution in [2.75, 3.05) is 25.0 Å². The quantitative estimate of drug-likeness (QED) is 0.515. The van der Waals surface area contributed by atoms with E-state index in [1.807, 2.05) is 4.90 Å². The van der Waals surface area contributed by atoms with Gasteiger partial charge in [-0.05, 0) is 43.9 Å². The normalized spacial score (nSPS) is 23.8. The van der Waals surface area contributed by atoms with Crippen molar-refractivity contribution >= 4 is 21.4 Å². The average Bonchev–Trinajstić information content (AvgIpc) is 2.98. The number of fused-ring (bicyclic) bond motifs is 1. The monoisotopic (exact) mass is 337 g/mol. The van der Waals surface area contributed by atoms with Gasteiger partial charge in [-0.15, -0.1) is 0 Å². The van der Waals surface area contributed by atoms with Crippen LogP contribution < -0.4 is 9.62 Å². The fourth-order valence-corrected chi connectivity index (χ4v) is 4.16. The van der Waals surface area contributed by atoms with Crippen molar-refractivity contribution in [2.24, 2.45) is 11.8 Å². The minimum absolute atomic E-state index is 0.0891. The highest BCUT2D eigenvalue weighted by atomic mass is 32.2. The minimum Gasteiger partial charge on any atom is -0.365 e. The molecule has 1 aromatic rings. The summed E-state index contributed by atoms with van der Waals surface area (Å²) in [4.78, 5) is 12.8. The molecular formula is C15H19N3O4S. The fraction of sp³-hybridized carbons (Fsp3) is 0.467. The van der Waals surface area contributed by atoms with Crippen molar-refractivity contribution in [3.63, 3.8) is 0 Å². The molecule has 124 valence electrons. The first-order valence-corrected chi connectivity index (χ1v) is 9.02. The molecule has 0 spiro atoms. The first-order valence-electron chi connectivity index (χ1n) is 7.54. The standard InChI is InChI=1S/C15H19N3O4S/c1-16-23(21,22)13-6-7-14(15(8-13)18(19)20)17-9-11-4-2-3-5-12(11)10-17/h2-3,6-8,11-12,16H,4-5,9-10H2,1H3. The maximum Gasteiger partial charge on any atom is 0.293 e. The first kappa shape index (κ1) is 15.9. The predicted molar refractivity (Wildman–Crippen MR) is 86.9 cm³/mol. The molecule has 1 aliphatic carbocycles. The third kappa shape index (κ3) is 2.96. The molecule has 1 N–H and O–H groups in total. The lowest BCUT2D eigenvalue weighted by Gasteiger charge is -2.19. The van der Waals surface area contributed by atoms with Gasteiger partial charge in [-0.3, -0.25) is 10.1 Å². The number of nitrogens with one attached hydrogen (secondary N) is 1. The van der Waals surface area contributed by atoms with Crippen LogP contribution in [0.25, 0.3) is 0 Å². The largest absolute Gasteiger partial charge is 0.365 e. The molecule has 2 aliphatic rings. The second-order valence-corrected chi connectivity index (χ2v) is 7.87. The van der Waals surface area contributed by atoms with Gasteiger partial charge in [0, 0.05) is 19.2 Å². The van der Waals surface area contributed by atoms with E-state index >= 15 is 0 Å². The summed E-state index contributed by atoms with van der Waals surface area (Å²) in [5, 5.41) is 11.4. The van der Waals surface area contributed by atoms with Gasteiger partial charge in [0.15, 0.2) is 0 Å². The smallest absolute Gasteiger partial charge is 0.293 e. The second-order valence-electron chi connectivity index (χ2n) is 5.98. The fourth-order valence-electron chi connectivity index (χ4n) is 3.41. The average molecular weight is 337 g/mol. The number of hydrogen-bond donors (Lipinski definition) is 1. The zero-order valence-corrected chi connectivity index (χ0v) is 13.6. The highest BCUT2D eigenvalue weighted by Gasteiger charge is 2.35. The van der Waals surface area contributed by atoms with E-state index in [0.29, 0.717) is 17.5 Å². The second kappa shape index (κ2) is 5.93. The lowest BCUT2D eigenvalue weighted by molar-refractivity contribution is -0.384. The van der Waals surface area contributed by atoms with Crippen LogP contribution in [0.3, 0.4) is 0 Å². The van der Waals surface area contributed by atoms with E-state index < -0.39 is 14.9 Å². The molecule has 0 amide bonds. The van der Waals surface area contributed by atoms with Crippen LogP contribution in [0.15, 0.2) is 35.2 Å². The minimum atomic E-state index is -3.70. The summed E-state index contributed by atoms with van der Waals surface area (Å²) in [6.07, 6.45) is 6.34. The van der Waals surface area contributed by atoms with E-state index in [2.05, 4.69) is 16.9 Å². The molecule has 0 saturated carbocycles. The Kier molecular flexibility index (Phi) is 4.11. The molecule has 1 heterocycles. The number of benzene rings is 1. The van der Waals surface area contributed by atoms with Crippen LogP contribution in [0.4, 0.5) is 11.4 Å². The van der Waals surface area contributed by atoms with E-state index in [4.69, 9.17) is 0 Å². The van der Waals surface area contributed by atoms with Gasteiger partial charge in [0.05, 0.1) is 9.82 Å². The molecule has 2 unspecified atom stereocenters. The molecule has 0 aromatic heterocycles. The zero-order valence-electron chi connectivity index (χ0n) is 12.8. The van der Waals surface area contributed by atoms with Crippen molar-refractivity contribution in [3.8, 4) is 0 Å². The van der Waals surface area contributed by atoms with Crippen molar-refractivity contribution < 1.29 is 13.3 Å². The van der Waals surface area contributed by atoms with E-state index in [1.165, 1.54) is 13.1 Å². The summed E-state index contributed by atoms with van der Waals surface area (Å²) < 4.78 is 25.9. The summed E-state index contributed by atoms with van der Waals surface area (Å²) in [7, 11) is -2.41. The molecule has 23 heavy (non-hydrogen) atoms. The molecule has 8 heteroatoms. The molecule has 0 bridgehead atoms. The number of sulfonamides is 1. The van der Waals surface area contributed by atoms with Crippen LogP contribution in [0.1, 0.15) is 12.8 Å². The Labute approximate surface area is 135 Å². The Hall–Kier alpha value is -1.93. The molecule has 2 atom stereocenters. The van der Waals surface area contributed by atoms with Crippen molar-refractivity contribution in [2.45, 2.75) is 17.7 Å². The molecule has 0 radical (unpaired) electrons. The maximum absolute atomic E-state index is 11.9. The van der Waals surface area contributed by atoms with Crippen LogP contribution in [-0.4, -0.2) is 33.5 Å². The van der Waals surface area contributed by atoms with Gasteiger partial charge in [0.1, 0.15) is 5.69 Å². The lowest BCUT2D eigenvalue weighted by Crippen LogP contribution is -2.22. The Morgan fingerprint density at radius 2 is 1.83 bits per heavy atom. The summed E-state index contributed by atoms with van der Waals surface area (Å²) in [6, 6.07) is 4.11. The summed E-state index contributed by atoms with van der Waals surface area (Å²) in [5.41, 5.74) is 0.340. The molecule has 7 nitrogen and oxygen atoms in total. The van der Waals surface area contributed by atoms with Crippen molar-refractivity contribution in [1.82, 2.24) is 4.72 Å². The van der Waals surface area contributed by atoms with E-state index in [9.17, 15) is 18.5 Å². The van der Waals surface area contributed by atoms with Crippen LogP contribution in [0.5, 0.6) is 0 Å². The Morgan fingerprint density at radius 1 is 1.22 bits per heavy atom. The molecular weight excluding hydrogens is 318 g/mol. The summed E-state index contributed by atoms with van der Waals surface area (Å²) in [5.74, 6) is 1.03. The summed E-state index contributed by atoms with van der Waals surface area (Å²) >= 11 is 0. The molecule has 1 aliphatic heterocycles. The van der Waals surface area contributed by atoms with Gasteiger partial charge >= 0.3 is 0 Å². The van der Waals surface area contributed by atoms with Crippen molar-refractivity contribution in [3.05, 3.63) is 40.5 Å². The van der Waals surface area contributed by atoms with Gasteiger partial charge in [0.2, 0.25) is 10.0 Å². The lowest BCUT2D eigenvalue weighted by atomic mass is 9.86. The molecule has 1 aromatic carbocycles. The Morgan fingerprint density at radius 3 is 2.35 bits per heavy atom. The zero-order chi connectivity index (χ0) is 16.6. The highest BCUT2D eigenvalue weighted by molar-refractivity contribution is 7.89. The Balaban J connectivity index is 1.95. The molecule has 1 fully saturated rings. The number of hydrogen-bond acceptors (Lipinski definition) is 5. The van der Waals surface area contributed by atoms with Crippen LogP contribution in [-0.2, 0) is 10.0 Å². The third-order valence-corrected chi connectivity index (χ3v) is 6.10. The SMILES string of the molecule is CNS(=O)(=O)c1ccc(N2CC3CC=CCC3C2)c([N+](=O)[O-])c1. The number of nitro benzene ring substituents is 1. The van der Waals surface area contributed by atoms with Crippen LogP contribution in [0, 0.1) is 22.0 Å². The first-order chi connectivity index (χ1) is 10.9. The molecule has 3 rings (SSSR count). The van der Waals surface area contributed by atoms with Crippen LogP contribution >= 0.6 is 0 Å². The van der Waals surface area contributed by atoms with E-state index in [0.717, 1.165) is 32.0 Å². The number of nitro groups is 1. The van der Waals surface area contributed by atoms with Crippen LogP contribution in [0.2, 0.25) is 0 Å². The topological polar surface area (TPSA) is 92.6 Å². The predicted octanol–water partition coefficient (Wildman–Crippen LogP) is 1.91. The number of rotatable bonds is 4. The van der Waals surface area contributed by atoms with E-state index in [1.54, 1.807) is 6.07 Å². The third-order valence-electron chi connectivity index (χ3n) is 4.68.